The van der Waals surface area contributed by atoms with Crippen LogP contribution in [0.3, 0.4) is 0 Å². The van der Waals surface area contributed by atoms with E-state index in [0.717, 1.165) is 0 Å². The zero-order valence-corrected chi connectivity index (χ0v) is 5.89. The van der Waals surface area contributed by atoms with Crippen molar-refractivity contribution in [2.45, 2.75) is 31.0 Å². The summed E-state index contributed by atoms with van der Waals surface area (Å²) in [5.41, 5.74) is 0. The van der Waals surface area contributed by atoms with Crippen molar-refractivity contribution in [2.75, 3.05) is 0 Å². The second-order valence-electron chi connectivity index (χ2n) is 2.17. The summed E-state index contributed by atoms with van der Waals surface area (Å²) in [6.07, 6.45) is -20.9. The second kappa shape index (κ2) is 3.70. The molecule has 0 saturated heterocycles. The van der Waals surface area contributed by atoms with Gasteiger partial charge in [-0.3, -0.25) is 0 Å². The highest BCUT2D eigenvalue weighted by Crippen LogP contribution is 2.29. The highest BCUT2D eigenvalue weighted by Gasteiger charge is 2.46. The molecule has 2 nitrogen and oxygen atoms in total. The molecule has 0 saturated carbocycles. The zero-order chi connectivity index (χ0) is 11.7. The number of halogens is 6. The molecule has 0 aromatic heterocycles. The van der Waals surface area contributed by atoms with Crippen LogP contribution in [0.1, 0.15) is 7.77 Å². The smallest absolute Gasteiger partial charge is 0.384 e. The molecule has 0 amide bonds. The lowest BCUT2D eigenvalue weighted by Gasteiger charge is -2.19. The Kier molecular flexibility index (Phi) is 3.01. The number of aliphatic hydroxyl groups excluding tert-OH is 2. The fourth-order valence-corrected chi connectivity index (χ4v) is 0.391. The summed E-state index contributed by atoms with van der Waals surface area (Å²) in [7, 11) is 0. The first kappa shape index (κ1) is 10.6. The van der Waals surface area contributed by atoms with E-state index in [9.17, 15) is 26.3 Å². The van der Waals surface area contributed by atoms with Crippen LogP contribution in [0.25, 0.3) is 0 Å². The van der Waals surface area contributed by atoms with Crippen LogP contribution in [0.2, 0.25) is 0 Å². The van der Waals surface area contributed by atoms with Gasteiger partial charge in [0.15, 0.2) is 12.2 Å². The van der Waals surface area contributed by atoms with E-state index in [1.165, 1.54) is 0 Å². The predicted octanol–water partition coefficient (Wildman–Crippen LogP) is 1.22. The summed E-state index contributed by atoms with van der Waals surface area (Å²) in [5, 5.41) is 16.4. The molecule has 8 heteroatoms. The topological polar surface area (TPSA) is 40.5 Å². The van der Waals surface area contributed by atoms with Crippen LogP contribution < -0.4 is 0 Å². The molecule has 2 atom stereocenters. The Balaban J connectivity index is 4.56. The molecule has 0 heterocycles. The van der Waals surface area contributed by atoms with Crippen LogP contribution >= 0.6 is 0 Å². The van der Waals surface area contributed by atoms with Crippen LogP contribution in [0.4, 0.5) is 26.3 Å². The molecule has 2 unspecified atom stereocenters. The Morgan fingerprint density at radius 3 is 1.31 bits per heavy atom. The van der Waals surface area contributed by atoms with E-state index in [2.05, 4.69) is 0 Å². The minimum absolute atomic E-state index is 3.10. The van der Waals surface area contributed by atoms with E-state index < -0.39 is 31.0 Å². The molecule has 13 heavy (non-hydrogen) atoms. The van der Waals surface area contributed by atoms with Crippen molar-refractivity contribution in [3.8, 4) is 0 Å². The Labute approximate surface area is 70.2 Å². The molecular formula is C5H6F6O2. The highest BCUT2D eigenvalue weighted by atomic mass is 19.4. The maximum absolute atomic E-state index is 11.6. The van der Waals surface area contributed by atoms with Gasteiger partial charge in [-0.05, 0) is 0 Å². The van der Waals surface area contributed by atoms with Crippen molar-refractivity contribution in [1.82, 2.24) is 0 Å². The SMILES string of the molecule is [2H]C(C(O)C(F)(F)F)C(O)C(F)(F)F. The van der Waals surface area contributed by atoms with Crippen LogP contribution in [0, 0.1) is 0 Å². The third kappa shape index (κ3) is 4.32. The van der Waals surface area contributed by atoms with E-state index in [4.69, 9.17) is 11.6 Å². The molecule has 0 spiro atoms. The molecule has 0 aliphatic carbocycles. The van der Waals surface area contributed by atoms with Gasteiger partial charge in [-0.15, -0.1) is 0 Å². The molecule has 0 radical (unpaired) electrons. The van der Waals surface area contributed by atoms with Crippen LogP contribution in [-0.4, -0.2) is 34.8 Å². The van der Waals surface area contributed by atoms with Crippen molar-refractivity contribution in [1.29, 1.82) is 0 Å². The first-order chi connectivity index (χ1) is 5.98. The molecule has 0 aromatic carbocycles. The van der Waals surface area contributed by atoms with Gasteiger partial charge in [0.25, 0.3) is 0 Å². The monoisotopic (exact) mass is 213 g/mol. The standard InChI is InChI=1S/C5H6F6O2/c6-4(7,8)2(12)1-3(13)5(9,10)11/h2-3,12-13H,1H2/i1D. The van der Waals surface area contributed by atoms with Gasteiger partial charge >= 0.3 is 12.4 Å². The number of hydrogen-bond donors (Lipinski definition) is 2. The lowest BCUT2D eigenvalue weighted by atomic mass is 10.1. The van der Waals surface area contributed by atoms with Gasteiger partial charge in [0.1, 0.15) is 0 Å². The van der Waals surface area contributed by atoms with E-state index in [1.54, 1.807) is 0 Å². The van der Waals surface area contributed by atoms with Gasteiger partial charge in [-0.1, -0.05) is 0 Å². The van der Waals surface area contributed by atoms with E-state index in [1.807, 2.05) is 0 Å². The van der Waals surface area contributed by atoms with Gasteiger partial charge < -0.3 is 10.2 Å². The summed E-state index contributed by atoms with van der Waals surface area (Å²) in [6, 6.07) is 0. The summed E-state index contributed by atoms with van der Waals surface area (Å²) in [4.78, 5) is 0. The van der Waals surface area contributed by atoms with Gasteiger partial charge in [0, 0.05) is 7.77 Å². The highest BCUT2D eigenvalue weighted by molar-refractivity contribution is 4.74. The van der Waals surface area contributed by atoms with Gasteiger partial charge in [-0.25, -0.2) is 0 Å². The molecule has 80 valence electrons. The van der Waals surface area contributed by atoms with Crippen molar-refractivity contribution in [2.24, 2.45) is 0 Å². The van der Waals surface area contributed by atoms with E-state index >= 15 is 0 Å². The van der Waals surface area contributed by atoms with Crippen molar-refractivity contribution >= 4 is 0 Å². The summed E-state index contributed by atoms with van der Waals surface area (Å²) in [5.74, 6) is 0. The molecule has 0 aromatic rings. The number of aliphatic hydroxyl groups is 2. The molecule has 0 rings (SSSR count). The number of hydrogen-bond acceptors (Lipinski definition) is 2. The molecule has 0 aliphatic rings. The minimum atomic E-state index is -5.36. The lowest BCUT2D eigenvalue weighted by molar-refractivity contribution is -0.244. The summed E-state index contributed by atoms with van der Waals surface area (Å²) in [6.45, 7) is 0. The van der Waals surface area contributed by atoms with Crippen LogP contribution in [0.15, 0.2) is 0 Å². The molecular weight excluding hydrogens is 206 g/mol. The number of rotatable bonds is 2. The van der Waals surface area contributed by atoms with Gasteiger partial charge in [0.2, 0.25) is 0 Å². The third-order valence-electron chi connectivity index (χ3n) is 1.04. The normalized spacial score (nSPS) is 22.0. The molecule has 0 bridgehead atoms. The largest absolute Gasteiger partial charge is 0.414 e. The third-order valence-corrected chi connectivity index (χ3v) is 1.04. The fourth-order valence-electron chi connectivity index (χ4n) is 0.391. The number of alkyl halides is 6. The molecule has 0 aliphatic heterocycles. The van der Waals surface area contributed by atoms with Gasteiger partial charge in [-0.2, -0.15) is 26.3 Å². The van der Waals surface area contributed by atoms with Crippen molar-refractivity contribution < 1.29 is 37.9 Å². The van der Waals surface area contributed by atoms with Crippen molar-refractivity contribution in [3.63, 3.8) is 0 Å². The first-order valence-corrected chi connectivity index (χ1v) is 2.89. The maximum Gasteiger partial charge on any atom is 0.414 e. The maximum atomic E-state index is 11.6. The van der Waals surface area contributed by atoms with Crippen LogP contribution in [-0.2, 0) is 0 Å². The molecule has 0 fully saturated rings. The Morgan fingerprint density at radius 2 is 1.15 bits per heavy atom. The second-order valence-corrected chi connectivity index (χ2v) is 2.17. The summed E-state index contributed by atoms with van der Waals surface area (Å²) >= 11 is 0. The van der Waals surface area contributed by atoms with E-state index in [-0.39, 0.29) is 0 Å². The minimum Gasteiger partial charge on any atom is -0.384 e. The summed E-state index contributed by atoms with van der Waals surface area (Å²) < 4.78 is 76.0. The van der Waals surface area contributed by atoms with Crippen molar-refractivity contribution in [3.05, 3.63) is 0 Å². The average Bonchev–Trinajstić information content (AvgIpc) is 1.97. The van der Waals surface area contributed by atoms with E-state index in [0.29, 0.717) is 0 Å². The van der Waals surface area contributed by atoms with Crippen LogP contribution in [0.5, 0.6) is 0 Å². The Bertz CT molecular complexity index is 170. The average molecular weight is 213 g/mol. The quantitative estimate of drug-likeness (QED) is 0.677. The Morgan fingerprint density at radius 1 is 0.923 bits per heavy atom. The molecule has 2 N–H and O–H groups in total. The zero-order valence-electron chi connectivity index (χ0n) is 6.89. The Hall–Kier alpha value is -0.500. The lowest BCUT2D eigenvalue weighted by Crippen LogP contribution is -2.38. The van der Waals surface area contributed by atoms with Gasteiger partial charge in [0.05, 0.1) is 0 Å². The fraction of sp³-hybridized carbons (Fsp3) is 1.00. The predicted molar refractivity (Wildman–Crippen MR) is 28.7 cm³/mol. The first-order valence-electron chi connectivity index (χ1n) is 3.47.